The molecule has 0 saturated heterocycles. The molecule has 0 spiro atoms. The number of hydrogen-bond donors (Lipinski definition) is 1. The second-order valence-electron chi connectivity index (χ2n) is 7.11. The number of ether oxygens (including phenoxy) is 1. The van der Waals surface area contributed by atoms with Gasteiger partial charge in [0.2, 0.25) is 0 Å². The van der Waals surface area contributed by atoms with Crippen LogP contribution in [-0.2, 0) is 11.2 Å². The smallest absolute Gasteiger partial charge is 0.271 e. The first kappa shape index (κ1) is 25.4. The molecule has 172 valence electrons. The van der Waals surface area contributed by atoms with Gasteiger partial charge in [-0.3, -0.25) is 14.9 Å². The van der Waals surface area contributed by atoms with Crippen molar-refractivity contribution >= 4 is 61.9 Å². The van der Waals surface area contributed by atoms with Crippen LogP contribution in [0.1, 0.15) is 23.6 Å². The molecule has 0 aliphatic rings. The van der Waals surface area contributed by atoms with Gasteiger partial charge in [0.25, 0.3) is 11.6 Å². The maximum Gasteiger partial charge on any atom is 0.271 e. The van der Waals surface area contributed by atoms with Crippen molar-refractivity contribution in [1.82, 2.24) is 0 Å². The minimum absolute atomic E-state index is 0.136. The van der Waals surface area contributed by atoms with Crippen molar-refractivity contribution in [3.63, 3.8) is 0 Å². The summed E-state index contributed by atoms with van der Waals surface area (Å²) in [4.78, 5) is 23.1. The van der Waals surface area contributed by atoms with Crippen molar-refractivity contribution in [3.05, 3.63) is 101 Å². The molecular formula is C25H19BrIN3O4. The van der Waals surface area contributed by atoms with Crippen LogP contribution in [0.15, 0.2) is 70.7 Å². The second-order valence-corrected chi connectivity index (χ2v) is 9.13. The van der Waals surface area contributed by atoms with Crippen LogP contribution >= 0.6 is 38.5 Å². The lowest BCUT2D eigenvalue weighted by molar-refractivity contribution is -0.384. The Balaban J connectivity index is 1.91. The van der Waals surface area contributed by atoms with Crippen LogP contribution in [0.3, 0.4) is 0 Å². The van der Waals surface area contributed by atoms with Gasteiger partial charge in [-0.05, 0) is 71.0 Å². The van der Waals surface area contributed by atoms with E-state index in [2.05, 4.69) is 43.8 Å². The fourth-order valence-electron chi connectivity index (χ4n) is 3.21. The molecule has 3 rings (SSSR count). The van der Waals surface area contributed by atoms with E-state index in [-0.39, 0.29) is 16.9 Å². The Kier molecular flexibility index (Phi) is 8.79. The highest BCUT2D eigenvalue weighted by Gasteiger charge is 2.15. The van der Waals surface area contributed by atoms with Gasteiger partial charge < -0.3 is 10.1 Å². The predicted octanol–water partition coefficient (Wildman–Crippen LogP) is 6.50. The van der Waals surface area contributed by atoms with Gasteiger partial charge in [-0.25, -0.2) is 0 Å². The van der Waals surface area contributed by atoms with Crippen LogP contribution in [0, 0.1) is 25.0 Å². The molecule has 3 aromatic carbocycles. The van der Waals surface area contributed by atoms with Crippen LogP contribution in [0.5, 0.6) is 5.75 Å². The number of anilines is 1. The zero-order chi connectivity index (χ0) is 24.7. The van der Waals surface area contributed by atoms with Crippen LogP contribution < -0.4 is 10.1 Å². The third-order valence-electron chi connectivity index (χ3n) is 4.79. The number of nitro benzene ring substituents is 1. The molecule has 0 unspecified atom stereocenters. The van der Waals surface area contributed by atoms with Crippen LogP contribution in [0.4, 0.5) is 11.4 Å². The van der Waals surface area contributed by atoms with E-state index in [1.807, 2.05) is 43.3 Å². The minimum atomic E-state index is -0.659. The number of nitriles is 1. The molecule has 0 bridgehead atoms. The molecule has 0 aliphatic heterocycles. The number of hydrogen-bond acceptors (Lipinski definition) is 5. The normalized spacial score (nSPS) is 10.9. The lowest BCUT2D eigenvalue weighted by Gasteiger charge is -2.15. The van der Waals surface area contributed by atoms with Crippen LogP contribution in [-0.4, -0.2) is 17.4 Å². The fraction of sp³-hybridized carbons (Fsp3) is 0.120. The number of carbonyl (C=O) groups excluding carboxylic acids is 1. The van der Waals surface area contributed by atoms with Crippen molar-refractivity contribution in [1.29, 1.82) is 5.26 Å². The Morgan fingerprint density at radius 2 is 2.00 bits per heavy atom. The lowest BCUT2D eigenvalue weighted by atomic mass is 10.0. The van der Waals surface area contributed by atoms with Crippen molar-refractivity contribution in [2.45, 2.75) is 13.3 Å². The highest BCUT2D eigenvalue weighted by Crippen LogP contribution is 2.32. The van der Waals surface area contributed by atoms with E-state index in [1.165, 1.54) is 30.3 Å². The maximum absolute atomic E-state index is 12.7. The van der Waals surface area contributed by atoms with Gasteiger partial charge in [-0.15, -0.1) is 0 Å². The Labute approximate surface area is 218 Å². The summed E-state index contributed by atoms with van der Waals surface area (Å²) < 4.78 is 7.81. The molecule has 0 aromatic heterocycles. The van der Waals surface area contributed by atoms with E-state index in [1.54, 1.807) is 6.07 Å². The van der Waals surface area contributed by atoms with Gasteiger partial charge in [0, 0.05) is 37.8 Å². The minimum Gasteiger partial charge on any atom is -0.494 e. The van der Waals surface area contributed by atoms with Gasteiger partial charge in [0.1, 0.15) is 17.4 Å². The molecule has 3 aromatic rings. The number of rotatable bonds is 8. The fourth-order valence-corrected chi connectivity index (χ4v) is 4.45. The summed E-state index contributed by atoms with van der Waals surface area (Å²) in [5.74, 6) is 0.0149. The Bertz CT molecular complexity index is 1320. The summed E-state index contributed by atoms with van der Waals surface area (Å²) in [5, 5.41) is 23.1. The van der Waals surface area contributed by atoms with E-state index in [4.69, 9.17) is 4.74 Å². The van der Waals surface area contributed by atoms with E-state index in [0.717, 1.165) is 19.2 Å². The number of carbonyl (C=O) groups is 1. The molecule has 0 radical (unpaired) electrons. The first-order valence-electron chi connectivity index (χ1n) is 10.2. The zero-order valence-corrected chi connectivity index (χ0v) is 21.8. The van der Waals surface area contributed by atoms with Gasteiger partial charge in [-0.1, -0.05) is 40.2 Å². The standard InChI is InChI=1S/C25H19BrIN3O4/c1-2-34-24-12-16(11-23(27)21(24)13-17-6-3-4-9-22(17)26)10-18(15-28)25(31)29-19-7-5-8-20(14-19)30(32)33/h3-12,14H,2,13H2,1H3,(H,29,31)/b18-10+. The molecule has 0 aliphatic carbocycles. The van der Waals surface area contributed by atoms with Crippen LogP contribution in [0.25, 0.3) is 6.08 Å². The summed E-state index contributed by atoms with van der Waals surface area (Å²) in [5.41, 5.74) is 2.69. The molecule has 0 fully saturated rings. The van der Waals surface area contributed by atoms with E-state index < -0.39 is 10.8 Å². The Morgan fingerprint density at radius 1 is 1.24 bits per heavy atom. The first-order valence-corrected chi connectivity index (χ1v) is 12.1. The number of nitrogens with zero attached hydrogens (tertiary/aromatic N) is 2. The second kappa shape index (κ2) is 11.8. The summed E-state index contributed by atoms with van der Waals surface area (Å²) >= 11 is 5.81. The quantitative estimate of drug-likeness (QED) is 0.100. The molecule has 0 saturated carbocycles. The van der Waals surface area contributed by atoms with E-state index in [9.17, 15) is 20.2 Å². The molecule has 0 heterocycles. The number of amides is 1. The zero-order valence-electron chi connectivity index (χ0n) is 18.0. The average molecular weight is 632 g/mol. The largest absolute Gasteiger partial charge is 0.494 e. The monoisotopic (exact) mass is 631 g/mol. The van der Waals surface area contributed by atoms with Crippen molar-refractivity contribution in [2.75, 3.05) is 11.9 Å². The molecule has 1 amide bonds. The summed E-state index contributed by atoms with van der Waals surface area (Å²) in [7, 11) is 0. The first-order chi connectivity index (χ1) is 16.3. The van der Waals surface area contributed by atoms with Gasteiger partial charge in [0.05, 0.1) is 11.5 Å². The molecule has 9 heteroatoms. The highest BCUT2D eigenvalue weighted by atomic mass is 127. The molecular weight excluding hydrogens is 613 g/mol. The van der Waals surface area contributed by atoms with Gasteiger partial charge in [0.15, 0.2) is 0 Å². The SMILES string of the molecule is CCOc1cc(/C=C(\C#N)C(=O)Nc2cccc([N+](=O)[O-])c2)cc(I)c1Cc1ccccc1Br. The summed E-state index contributed by atoms with van der Waals surface area (Å²) in [6.07, 6.45) is 2.12. The van der Waals surface area contributed by atoms with Gasteiger partial charge in [-0.2, -0.15) is 5.26 Å². The third kappa shape index (κ3) is 6.42. The third-order valence-corrected chi connectivity index (χ3v) is 6.53. The number of nitro groups is 1. The van der Waals surface area contributed by atoms with E-state index in [0.29, 0.717) is 24.3 Å². The summed E-state index contributed by atoms with van der Waals surface area (Å²) in [6.45, 7) is 2.36. The van der Waals surface area contributed by atoms with Crippen molar-refractivity contribution in [2.24, 2.45) is 0 Å². The summed E-state index contributed by atoms with van der Waals surface area (Å²) in [6, 6.07) is 19.1. The average Bonchev–Trinajstić information content (AvgIpc) is 2.81. The maximum atomic E-state index is 12.7. The topological polar surface area (TPSA) is 105 Å². The molecule has 7 nitrogen and oxygen atoms in total. The highest BCUT2D eigenvalue weighted by molar-refractivity contribution is 14.1. The predicted molar refractivity (Wildman–Crippen MR) is 143 cm³/mol. The van der Waals surface area contributed by atoms with E-state index >= 15 is 0 Å². The van der Waals surface area contributed by atoms with Crippen molar-refractivity contribution in [3.8, 4) is 11.8 Å². The molecule has 0 atom stereocenters. The molecule has 34 heavy (non-hydrogen) atoms. The number of benzene rings is 3. The Hall–Kier alpha value is -3.23. The van der Waals surface area contributed by atoms with Gasteiger partial charge >= 0.3 is 0 Å². The molecule has 1 N–H and O–H groups in total. The van der Waals surface area contributed by atoms with Crippen LogP contribution in [0.2, 0.25) is 0 Å². The lowest BCUT2D eigenvalue weighted by Crippen LogP contribution is -2.13. The Morgan fingerprint density at radius 3 is 2.68 bits per heavy atom. The van der Waals surface area contributed by atoms with Crippen molar-refractivity contribution < 1.29 is 14.5 Å². The number of halogens is 2. The number of non-ortho nitro benzene ring substituents is 1. The number of nitrogens with one attached hydrogen (secondary N) is 1.